The van der Waals surface area contributed by atoms with Gasteiger partial charge in [-0.15, -0.1) is 0 Å². The van der Waals surface area contributed by atoms with E-state index in [1.54, 1.807) is 0 Å². The highest BCUT2D eigenvalue weighted by Gasteiger charge is 2.46. The quantitative estimate of drug-likeness (QED) is 0.0196. The van der Waals surface area contributed by atoms with E-state index in [0.717, 1.165) is 122 Å². The molecular weight excluding hydrogens is 909 g/mol. The van der Waals surface area contributed by atoms with Crippen LogP contribution in [0, 0.1) is 0 Å². The van der Waals surface area contributed by atoms with Crippen molar-refractivity contribution in [2.45, 2.75) is 230 Å². The Morgan fingerprint density at radius 2 is 0.857 bits per heavy atom. The number of unbranched alkanes of at least 4 members (excludes halogenated alkanes) is 16. The Hall–Kier alpha value is -3.43. The van der Waals surface area contributed by atoms with Crippen molar-refractivity contribution in [1.82, 2.24) is 0 Å². The van der Waals surface area contributed by atoms with Gasteiger partial charge in [0.05, 0.1) is 6.61 Å². The molecule has 1 rings (SSSR count). The first-order valence-electron chi connectivity index (χ1n) is 26.8. The molecule has 13 heteroatoms. The van der Waals surface area contributed by atoms with Crippen LogP contribution in [-0.4, -0.2) is 96.0 Å². The number of esters is 2. The van der Waals surface area contributed by atoms with Gasteiger partial charge in [0.1, 0.15) is 36.8 Å². The molecule has 0 bridgehead atoms. The maximum absolute atomic E-state index is 12.9. The van der Waals surface area contributed by atoms with Crippen LogP contribution in [0.25, 0.3) is 0 Å². The summed E-state index contributed by atoms with van der Waals surface area (Å²) in [4.78, 5) is 25.6. The lowest BCUT2D eigenvalue weighted by Gasteiger charge is -2.40. The van der Waals surface area contributed by atoms with Gasteiger partial charge in [0, 0.05) is 12.8 Å². The van der Waals surface area contributed by atoms with Gasteiger partial charge in [0.15, 0.2) is 12.4 Å². The molecule has 0 amide bonds. The summed E-state index contributed by atoms with van der Waals surface area (Å²) in [6.45, 7) is 3.53. The molecule has 4 N–H and O–H groups in total. The fourth-order valence-electron chi connectivity index (χ4n) is 7.60. The van der Waals surface area contributed by atoms with Crippen LogP contribution in [0.1, 0.15) is 194 Å². The molecule has 70 heavy (non-hydrogen) atoms. The van der Waals surface area contributed by atoms with E-state index in [0.29, 0.717) is 12.8 Å². The average Bonchev–Trinajstić information content (AvgIpc) is 3.33. The minimum Gasteiger partial charge on any atom is -0.462 e. The van der Waals surface area contributed by atoms with Gasteiger partial charge in [-0.2, -0.15) is 8.42 Å². The topological polar surface area (TPSA) is 186 Å². The Morgan fingerprint density at radius 1 is 0.486 bits per heavy atom. The lowest BCUT2D eigenvalue weighted by Crippen LogP contribution is -2.60. The van der Waals surface area contributed by atoms with Crippen molar-refractivity contribution in [1.29, 1.82) is 0 Å². The van der Waals surface area contributed by atoms with Crippen molar-refractivity contribution in [2.24, 2.45) is 0 Å². The van der Waals surface area contributed by atoms with Gasteiger partial charge >= 0.3 is 11.9 Å². The Kier molecular flexibility index (Phi) is 41.9. The van der Waals surface area contributed by atoms with Crippen LogP contribution >= 0.6 is 0 Å². The van der Waals surface area contributed by atoms with E-state index in [1.807, 2.05) is 0 Å². The molecule has 1 saturated heterocycles. The molecule has 0 saturated carbocycles. The number of carbonyl (C=O) groups excluding carboxylic acids is 2. The molecule has 6 atom stereocenters. The zero-order valence-corrected chi connectivity index (χ0v) is 43.9. The van der Waals surface area contributed by atoms with Crippen molar-refractivity contribution >= 4 is 22.1 Å². The van der Waals surface area contributed by atoms with E-state index in [9.17, 15) is 37.9 Å². The number of ether oxygens (including phenoxy) is 4. The molecule has 0 radical (unpaired) electrons. The minimum absolute atomic E-state index is 0.150. The minimum atomic E-state index is -4.61. The molecule has 400 valence electrons. The SMILES string of the molecule is CC/C=C\C/C=C\C/C=C\C/C=C\CCCCCCCCCCCCC(=O)OC(COC(=O)CCCCCCCC/C=C\C/C=C\C/C=C\C/C=C\CC)COC1OC(CS(=O)(=O)O)C(O)C(O)C1O. The third-order valence-electron chi connectivity index (χ3n) is 11.7. The van der Waals surface area contributed by atoms with Gasteiger partial charge in [-0.25, -0.2) is 0 Å². The number of hydrogen-bond donors (Lipinski definition) is 4. The van der Waals surface area contributed by atoms with E-state index in [-0.39, 0.29) is 19.4 Å². The zero-order valence-electron chi connectivity index (χ0n) is 43.1. The predicted molar refractivity (Wildman–Crippen MR) is 284 cm³/mol. The van der Waals surface area contributed by atoms with E-state index >= 15 is 0 Å². The Labute approximate surface area is 423 Å². The highest BCUT2D eigenvalue weighted by Crippen LogP contribution is 2.24. The van der Waals surface area contributed by atoms with Crippen molar-refractivity contribution in [3.05, 3.63) is 97.2 Å². The smallest absolute Gasteiger partial charge is 0.306 e. The summed E-state index contributed by atoms with van der Waals surface area (Å²) in [6, 6.07) is 0. The van der Waals surface area contributed by atoms with Crippen LogP contribution < -0.4 is 0 Å². The second-order valence-corrected chi connectivity index (χ2v) is 19.6. The molecule has 1 aliphatic heterocycles. The van der Waals surface area contributed by atoms with Crippen molar-refractivity contribution in [3.8, 4) is 0 Å². The monoisotopic (exact) mass is 1000 g/mol. The first-order valence-corrected chi connectivity index (χ1v) is 28.4. The first kappa shape index (κ1) is 64.6. The van der Waals surface area contributed by atoms with Gasteiger partial charge in [-0.1, -0.05) is 188 Å². The Balaban J connectivity index is 2.37. The number of carbonyl (C=O) groups is 2. The maximum Gasteiger partial charge on any atom is 0.306 e. The normalized spacial score (nSPS) is 19.8. The Bertz CT molecular complexity index is 1650. The van der Waals surface area contributed by atoms with Crippen LogP contribution in [0.5, 0.6) is 0 Å². The molecule has 0 aromatic rings. The number of hydrogen-bond acceptors (Lipinski definition) is 11. The number of aliphatic hydroxyl groups is 3. The summed E-state index contributed by atoms with van der Waals surface area (Å²) in [5.41, 5.74) is 0. The summed E-state index contributed by atoms with van der Waals surface area (Å²) in [5, 5.41) is 31.0. The summed E-state index contributed by atoms with van der Waals surface area (Å²) < 4.78 is 54.3. The summed E-state index contributed by atoms with van der Waals surface area (Å²) in [5.74, 6) is -2.02. The third kappa shape index (κ3) is 39.2. The molecule has 0 aromatic heterocycles. The van der Waals surface area contributed by atoms with Crippen LogP contribution in [0.4, 0.5) is 0 Å². The maximum atomic E-state index is 12.9. The Morgan fingerprint density at radius 3 is 1.27 bits per heavy atom. The molecule has 0 spiro atoms. The largest absolute Gasteiger partial charge is 0.462 e. The molecule has 6 unspecified atom stereocenters. The standard InChI is InChI=1S/C57H94O12S/c1-3-5-7-9-11-13-15-17-19-21-23-24-25-26-28-30-32-34-36-38-40-42-44-46-53(59)68-50(48-67-57-56(62)55(61)54(60)51(69-57)49-70(63,64)65)47-66-52(58)45-43-41-39-37-35-33-31-29-27-22-20-18-16-14-12-10-8-6-4-2/h5-8,11-14,17-20,23-24,27,29,50-51,54-57,60-62H,3-4,9-10,15-16,21-22,25-26,28,30-49H2,1-2H3,(H,63,64,65)/b7-5-,8-6-,13-11-,14-12-,19-17-,20-18-,24-23-,29-27-. The van der Waals surface area contributed by atoms with Gasteiger partial charge in [-0.05, 0) is 89.9 Å². The fourth-order valence-corrected chi connectivity index (χ4v) is 8.29. The van der Waals surface area contributed by atoms with Crippen molar-refractivity contribution in [2.75, 3.05) is 19.0 Å². The van der Waals surface area contributed by atoms with Crippen LogP contribution in [0.2, 0.25) is 0 Å². The molecule has 1 fully saturated rings. The fraction of sp³-hybridized carbons (Fsp3) is 0.684. The second kappa shape index (κ2) is 45.4. The van der Waals surface area contributed by atoms with E-state index in [2.05, 4.69) is 111 Å². The van der Waals surface area contributed by atoms with Gasteiger partial charge < -0.3 is 34.3 Å². The van der Waals surface area contributed by atoms with Crippen LogP contribution in [0.3, 0.4) is 0 Å². The molecule has 0 aromatic carbocycles. The van der Waals surface area contributed by atoms with Crippen molar-refractivity contribution in [3.63, 3.8) is 0 Å². The predicted octanol–water partition coefficient (Wildman–Crippen LogP) is 12.6. The molecule has 1 aliphatic rings. The van der Waals surface area contributed by atoms with Crippen molar-refractivity contribution < 1.29 is 56.8 Å². The zero-order chi connectivity index (χ0) is 51.2. The average molecular weight is 1000 g/mol. The van der Waals surface area contributed by atoms with E-state index < -0.39 is 71.2 Å². The number of aliphatic hydroxyl groups excluding tert-OH is 3. The summed E-state index contributed by atoms with van der Waals surface area (Å²) in [7, 11) is -4.61. The first-order chi connectivity index (χ1) is 34.0. The number of rotatable bonds is 44. The van der Waals surface area contributed by atoms with Crippen LogP contribution in [0.15, 0.2) is 97.2 Å². The van der Waals surface area contributed by atoms with E-state index in [1.165, 1.54) is 32.1 Å². The number of allylic oxidation sites excluding steroid dienone is 16. The lowest BCUT2D eigenvalue weighted by atomic mass is 10.00. The lowest BCUT2D eigenvalue weighted by molar-refractivity contribution is -0.297. The third-order valence-corrected chi connectivity index (χ3v) is 12.4. The van der Waals surface area contributed by atoms with Crippen LogP contribution in [-0.2, 0) is 38.7 Å². The molecule has 12 nitrogen and oxygen atoms in total. The highest BCUT2D eigenvalue weighted by atomic mass is 32.2. The van der Waals surface area contributed by atoms with E-state index in [4.69, 9.17) is 18.9 Å². The van der Waals surface area contributed by atoms with Gasteiger partial charge in [0.2, 0.25) is 0 Å². The molecule has 1 heterocycles. The van der Waals surface area contributed by atoms with Gasteiger partial charge in [-0.3, -0.25) is 14.1 Å². The molecule has 0 aliphatic carbocycles. The highest BCUT2D eigenvalue weighted by molar-refractivity contribution is 7.85. The summed E-state index contributed by atoms with van der Waals surface area (Å²) >= 11 is 0. The molecular formula is C57H94O12S. The summed E-state index contributed by atoms with van der Waals surface area (Å²) in [6.07, 6.45) is 52.9. The second-order valence-electron chi connectivity index (χ2n) is 18.1. The van der Waals surface area contributed by atoms with Gasteiger partial charge in [0.25, 0.3) is 10.1 Å².